The lowest BCUT2D eigenvalue weighted by Crippen LogP contribution is -2.23. The van der Waals surface area contributed by atoms with E-state index in [1.807, 2.05) is 50.2 Å². The number of hydrogen-bond acceptors (Lipinski definition) is 5. The molecule has 1 heterocycles. The topological polar surface area (TPSA) is 67.9 Å². The molecule has 0 saturated carbocycles. The van der Waals surface area contributed by atoms with Gasteiger partial charge in [0.15, 0.2) is 13.2 Å². The normalized spacial score (nSPS) is 13.3. The minimum atomic E-state index is -0.585. The van der Waals surface area contributed by atoms with Crippen LogP contribution in [-0.4, -0.2) is 38.2 Å². The van der Waals surface area contributed by atoms with Crippen LogP contribution in [0.2, 0.25) is 0 Å². The molecular formula is C22H26N2O4. The molecule has 0 spiro atoms. The summed E-state index contributed by atoms with van der Waals surface area (Å²) in [5.41, 5.74) is 4.07. The summed E-state index contributed by atoms with van der Waals surface area (Å²) in [5.74, 6) is -0.367. The number of aryl methyl sites for hydroxylation is 2. The summed E-state index contributed by atoms with van der Waals surface area (Å²) in [4.78, 5) is 26.1. The van der Waals surface area contributed by atoms with Gasteiger partial charge in [-0.25, -0.2) is 4.79 Å². The van der Waals surface area contributed by atoms with E-state index in [4.69, 9.17) is 9.47 Å². The van der Waals surface area contributed by atoms with Crippen LogP contribution in [0.15, 0.2) is 42.5 Å². The van der Waals surface area contributed by atoms with Gasteiger partial charge in [0.25, 0.3) is 5.91 Å². The van der Waals surface area contributed by atoms with Gasteiger partial charge in [-0.05, 0) is 74.2 Å². The minimum Gasteiger partial charge on any atom is -0.482 e. The predicted molar refractivity (Wildman–Crippen MR) is 109 cm³/mol. The van der Waals surface area contributed by atoms with E-state index in [2.05, 4.69) is 10.2 Å². The number of anilines is 2. The van der Waals surface area contributed by atoms with E-state index >= 15 is 0 Å². The number of hydrogen-bond donors (Lipinski definition) is 1. The Morgan fingerprint density at radius 3 is 2.36 bits per heavy atom. The van der Waals surface area contributed by atoms with Crippen molar-refractivity contribution in [1.29, 1.82) is 0 Å². The fourth-order valence-electron chi connectivity index (χ4n) is 3.06. The Morgan fingerprint density at radius 1 is 0.964 bits per heavy atom. The Bertz CT molecular complexity index is 827. The number of nitrogens with one attached hydrogen (secondary N) is 1. The van der Waals surface area contributed by atoms with Crippen LogP contribution in [0.4, 0.5) is 11.4 Å². The van der Waals surface area contributed by atoms with Crippen LogP contribution >= 0.6 is 0 Å². The Morgan fingerprint density at radius 2 is 1.68 bits per heavy atom. The lowest BCUT2D eigenvalue weighted by molar-refractivity contribution is -0.149. The molecule has 3 rings (SSSR count). The smallest absolute Gasteiger partial charge is 0.344 e. The van der Waals surface area contributed by atoms with Gasteiger partial charge in [0.1, 0.15) is 5.75 Å². The van der Waals surface area contributed by atoms with Crippen molar-refractivity contribution in [2.45, 2.75) is 26.7 Å². The molecular weight excluding hydrogens is 356 g/mol. The summed E-state index contributed by atoms with van der Waals surface area (Å²) in [5, 5.41) is 2.73. The number of nitrogens with zero attached hydrogens (tertiary/aromatic N) is 1. The zero-order chi connectivity index (χ0) is 19.9. The molecule has 0 radical (unpaired) electrons. The van der Waals surface area contributed by atoms with Crippen LogP contribution in [0.5, 0.6) is 5.75 Å². The molecule has 1 amide bonds. The van der Waals surface area contributed by atoms with E-state index in [1.165, 1.54) is 12.8 Å². The number of rotatable bonds is 7. The van der Waals surface area contributed by atoms with Crippen molar-refractivity contribution >= 4 is 23.3 Å². The first-order chi connectivity index (χ1) is 13.5. The largest absolute Gasteiger partial charge is 0.482 e. The first-order valence-electron chi connectivity index (χ1n) is 9.52. The third-order valence-corrected chi connectivity index (χ3v) is 4.82. The van der Waals surface area contributed by atoms with Gasteiger partial charge in [-0.2, -0.15) is 0 Å². The second-order valence-corrected chi connectivity index (χ2v) is 6.98. The van der Waals surface area contributed by atoms with Crippen LogP contribution in [-0.2, 0) is 14.3 Å². The molecule has 1 fully saturated rings. The van der Waals surface area contributed by atoms with Gasteiger partial charge < -0.3 is 19.7 Å². The zero-order valence-corrected chi connectivity index (χ0v) is 16.4. The fraction of sp³-hybridized carbons (Fsp3) is 0.364. The van der Waals surface area contributed by atoms with Crippen molar-refractivity contribution in [3.05, 3.63) is 53.6 Å². The molecule has 148 valence electrons. The molecule has 6 heteroatoms. The van der Waals surface area contributed by atoms with E-state index in [0.717, 1.165) is 29.9 Å². The molecule has 6 nitrogen and oxygen atoms in total. The first kappa shape index (κ1) is 19.7. The van der Waals surface area contributed by atoms with Crippen LogP contribution in [0, 0.1) is 13.8 Å². The van der Waals surface area contributed by atoms with Crippen molar-refractivity contribution in [2.24, 2.45) is 0 Å². The molecule has 1 aliphatic heterocycles. The molecule has 0 aliphatic carbocycles. The molecule has 2 aromatic carbocycles. The lowest BCUT2D eigenvalue weighted by atomic mass is 10.1. The average Bonchev–Trinajstić information content (AvgIpc) is 3.23. The first-order valence-corrected chi connectivity index (χ1v) is 9.52. The third-order valence-electron chi connectivity index (χ3n) is 4.82. The Kier molecular flexibility index (Phi) is 6.53. The Labute approximate surface area is 165 Å². The van der Waals surface area contributed by atoms with Crippen molar-refractivity contribution in [3.8, 4) is 5.75 Å². The molecule has 0 bridgehead atoms. The maximum atomic E-state index is 12.0. The molecule has 0 aromatic heterocycles. The maximum absolute atomic E-state index is 12.0. The SMILES string of the molecule is Cc1ccc(OCC(=O)OCC(=O)Nc2ccc(N3CCCC3)cc2)cc1C. The number of benzene rings is 2. The monoisotopic (exact) mass is 382 g/mol. The zero-order valence-electron chi connectivity index (χ0n) is 16.4. The summed E-state index contributed by atoms with van der Waals surface area (Å²) in [7, 11) is 0. The standard InChI is InChI=1S/C22H26N2O4/c1-16-5-10-20(13-17(16)2)27-15-22(26)28-14-21(25)23-18-6-8-19(9-7-18)24-11-3-4-12-24/h5-10,13H,3-4,11-12,14-15H2,1-2H3,(H,23,25). The highest BCUT2D eigenvalue weighted by molar-refractivity contribution is 5.93. The molecule has 0 unspecified atom stereocenters. The van der Waals surface area contributed by atoms with Crippen molar-refractivity contribution in [1.82, 2.24) is 0 Å². The second-order valence-electron chi connectivity index (χ2n) is 6.98. The van der Waals surface area contributed by atoms with E-state index in [0.29, 0.717) is 11.4 Å². The summed E-state index contributed by atoms with van der Waals surface area (Å²) in [6, 6.07) is 13.3. The molecule has 2 aromatic rings. The summed E-state index contributed by atoms with van der Waals surface area (Å²) in [6.07, 6.45) is 2.44. The Balaban J connectivity index is 1.39. The summed E-state index contributed by atoms with van der Waals surface area (Å²) < 4.78 is 10.4. The minimum absolute atomic E-state index is 0.236. The number of carbonyl (C=O) groups is 2. The maximum Gasteiger partial charge on any atom is 0.344 e. The van der Waals surface area contributed by atoms with Crippen LogP contribution < -0.4 is 15.0 Å². The van der Waals surface area contributed by atoms with E-state index < -0.39 is 5.97 Å². The van der Waals surface area contributed by atoms with Gasteiger partial charge in [-0.1, -0.05) is 6.07 Å². The summed E-state index contributed by atoms with van der Waals surface area (Å²) >= 11 is 0. The molecule has 0 atom stereocenters. The highest BCUT2D eigenvalue weighted by atomic mass is 16.6. The number of esters is 1. The van der Waals surface area contributed by atoms with Crippen molar-refractivity contribution < 1.29 is 19.1 Å². The Hall–Kier alpha value is -3.02. The van der Waals surface area contributed by atoms with Gasteiger partial charge in [0, 0.05) is 24.5 Å². The third kappa shape index (κ3) is 5.49. The van der Waals surface area contributed by atoms with E-state index in [9.17, 15) is 9.59 Å². The van der Waals surface area contributed by atoms with E-state index in [1.54, 1.807) is 6.07 Å². The van der Waals surface area contributed by atoms with E-state index in [-0.39, 0.29) is 19.1 Å². The fourth-order valence-corrected chi connectivity index (χ4v) is 3.06. The molecule has 1 N–H and O–H groups in total. The molecule has 1 saturated heterocycles. The van der Waals surface area contributed by atoms with Crippen LogP contribution in [0.1, 0.15) is 24.0 Å². The predicted octanol–water partition coefficient (Wildman–Crippen LogP) is 3.46. The van der Waals surface area contributed by atoms with Crippen molar-refractivity contribution in [2.75, 3.05) is 36.5 Å². The second kappa shape index (κ2) is 9.26. The lowest BCUT2D eigenvalue weighted by Gasteiger charge is -2.17. The van der Waals surface area contributed by atoms with Gasteiger partial charge in [-0.3, -0.25) is 4.79 Å². The van der Waals surface area contributed by atoms with Gasteiger partial charge in [0.2, 0.25) is 0 Å². The molecule has 28 heavy (non-hydrogen) atoms. The number of ether oxygens (including phenoxy) is 2. The van der Waals surface area contributed by atoms with Crippen LogP contribution in [0.3, 0.4) is 0 Å². The van der Waals surface area contributed by atoms with Gasteiger partial charge >= 0.3 is 5.97 Å². The van der Waals surface area contributed by atoms with Gasteiger partial charge in [-0.15, -0.1) is 0 Å². The number of carbonyl (C=O) groups excluding carboxylic acids is 2. The quantitative estimate of drug-likeness (QED) is 0.743. The van der Waals surface area contributed by atoms with Gasteiger partial charge in [0.05, 0.1) is 0 Å². The highest BCUT2D eigenvalue weighted by Gasteiger charge is 2.13. The van der Waals surface area contributed by atoms with Crippen LogP contribution in [0.25, 0.3) is 0 Å². The van der Waals surface area contributed by atoms with Crippen molar-refractivity contribution in [3.63, 3.8) is 0 Å². The number of amides is 1. The average molecular weight is 382 g/mol. The highest BCUT2D eigenvalue weighted by Crippen LogP contribution is 2.22. The summed E-state index contributed by atoms with van der Waals surface area (Å²) in [6.45, 7) is 5.55. The molecule has 1 aliphatic rings.